The lowest BCUT2D eigenvalue weighted by molar-refractivity contribution is 0.700. The molecule has 1 aromatic rings. The van der Waals surface area contributed by atoms with Gasteiger partial charge in [-0.3, -0.25) is 0 Å². The molecular formula is C10H14BrN3. The number of hydrogen-bond acceptors (Lipinski definition) is 3. The standard InChI is InChI=1S/C10H14BrN3/c1-2-7-3-8(7)4-13-10-9(11)5-12-6-14-10/h5-8H,2-4H2,1H3,(H,12,13,14)/t7-,8+/m1/s1. The Hall–Kier alpha value is -0.640. The number of hydrogen-bond donors (Lipinski definition) is 1. The first kappa shape index (κ1) is 9.90. The van der Waals surface area contributed by atoms with Gasteiger partial charge in [-0.2, -0.15) is 0 Å². The van der Waals surface area contributed by atoms with Crippen LogP contribution >= 0.6 is 15.9 Å². The minimum Gasteiger partial charge on any atom is -0.369 e. The summed E-state index contributed by atoms with van der Waals surface area (Å²) >= 11 is 3.41. The highest BCUT2D eigenvalue weighted by molar-refractivity contribution is 9.10. The van der Waals surface area contributed by atoms with Crippen molar-refractivity contribution >= 4 is 21.7 Å². The monoisotopic (exact) mass is 255 g/mol. The third kappa shape index (κ3) is 2.23. The molecule has 1 fully saturated rings. The van der Waals surface area contributed by atoms with Crippen LogP contribution in [0.3, 0.4) is 0 Å². The van der Waals surface area contributed by atoms with Gasteiger partial charge in [-0.15, -0.1) is 0 Å². The number of aromatic nitrogens is 2. The van der Waals surface area contributed by atoms with E-state index in [-0.39, 0.29) is 0 Å². The zero-order valence-corrected chi connectivity index (χ0v) is 9.79. The van der Waals surface area contributed by atoms with Crippen molar-refractivity contribution in [1.82, 2.24) is 9.97 Å². The molecule has 3 nitrogen and oxygen atoms in total. The Kier molecular flexibility index (Phi) is 3.01. The Morgan fingerprint density at radius 2 is 2.43 bits per heavy atom. The number of nitrogens with zero attached hydrogens (tertiary/aromatic N) is 2. The van der Waals surface area contributed by atoms with Crippen molar-refractivity contribution in [2.75, 3.05) is 11.9 Å². The quantitative estimate of drug-likeness (QED) is 0.900. The van der Waals surface area contributed by atoms with Crippen LogP contribution < -0.4 is 5.32 Å². The van der Waals surface area contributed by atoms with Crippen LogP contribution in [0.25, 0.3) is 0 Å². The predicted octanol–water partition coefficient (Wildman–Crippen LogP) is 2.70. The van der Waals surface area contributed by atoms with Crippen molar-refractivity contribution in [1.29, 1.82) is 0 Å². The van der Waals surface area contributed by atoms with Gasteiger partial charge in [0.05, 0.1) is 4.47 Å². The van der Waals surface area contributed by atoms with Gasteiger partial charge in [0.15, 0.2) is 0 Å². The van der Waals surface area contributed by atoms with E-state index in [0.717, 1.165) is 28.7 Å². The van der Waals surface area contributed by atoms with Crippen molar-refractivity contribution in [3.8, 4) is 0 Å². The molecule has 0 radical (unpaired) electrons. The molecule has 1 heterocycles. The third-order valence-electron chi connectivity index (χ3n) is 2.79. The van der Waals surface area contributed by atoms with Crippen LogP contribution in [-0.4, -0.2) is 16.5 Å². The normalized spacial score (nSPS) is 24.7. The summed E-state index contributed by atoms with van der Waals surface area (Å²) in [6.45, 7) is 3.29. The van der Waals surface area contributed by atoms with Gasteiger partial charge in [0, 0.05) is 12.7 Å². The number of halogens is 1. The van der Waals surface area contributed by atoms with Crippen molar-refractivity contribution < 1.29 is 0 Å². The van der Waals surface area contributed by atoms with Crippen LogP contribution in [0.2, 0.25) is 0 Å². The Balaban J connectivity index is 1.84. The van der Waals surface area contributed by atoms with Gasteiger partial charge >= 0.3 is 0 Å². The van der Waals surface area contributed by atoms with Crippen LogP contribution in [-0.2, 0) is 0 Å². The zero-order chi connectivity index (χ0) is 9.97. The second kappa shape index (κ2) is 4.26. The molecule has 1 aliphatic rings. The lowest BCUT2D eigenvalue weighted by atomic mass is 10.2. The molecule has 1 saturated carbocycles. The lowest BCUT2D eigenvalue weighted by Gasteiger charge is -2.05. The number of anilines is 1. The van der Waals surface area contributed by atoms with E-state index in [0.29, 0.717) is 0 Å². The van der Waals surface area contributed by atoms with E-state index in [2.05, 4.69) is 38.1 Å². The van der Waals surface area contributed by atoms with Crippen LogP contribution in [0.15, 0.2) is 17.0 Å². The topological polar surface area (TPSA) is 37.8 Å². The van der Waals surface area contributed by atoms with Crippen LogP contribution in [0.4, 0.5) is 5.82 Å². The molecule has 0 spiro atoms. The molecule has 2 rings (SSSR count). The molecule has 1 aliphatic carbocycles. The van der Waals surface area contributed by atoms with Gasteiger partial charge in [-0.1, -0.05) is 13.3 Å². The fraction of sp³-hybridized carbons (Fsp3) is 0.600. The van der Waals surface area contributed by atoms with E-state index in [9.17, 15) is 0 Å². The summed E-state index contributed by atoms with van der Waals surface area (Å²) in [4.78, 5) is 8.08. The molecule has 4 heteroatoms. The molecule has 0 bridgehead atoms. The van der Waals surface area contributed by atoms with Gasteiger partial charge in [-0.05, 0) is 34.2 Å². The summed E-state index contributed by atoms with van der Waals surface area (Å²) in [6.07, 6.45) is 6.00. The molecule has 0 unspecified atom stereocenters. The predicted molar refractivity (Wildman–Crippen MR) is 60.1 cm³/mol. The van der Waals surface area contributed by atoms with Crippen LogP contribution in [0, 0.1) is 11.8 Å². The highest BCUT2D eigenvalue weighted by atomic mass is 79.9. The van der Waals surface area contributed by atoms with Crippen molar-refractivity contribution in [2.45, 2.75) is 19.8 Å². The van der Waals surface area contributed by atoms with Gasteiger partial charge < -0.3 is 5.32 Å². The Morgan fingerprint density at radius 3 is 3.07 bits per heavy atom. The molecule has 2 atom stereocenters. The van der Waals surface area contributed by atoms with E-state index in [1.807, 2.05) is 0 Å². The molecule has 0 amide bonds. The minimum absolute atomic E-state index is 0.849. The third-order valence-corrected chi connectivity index (χ3v) is 3.37. The largest absolute Gasteiger partial charge is 0.369 e. The second-order valence-electron chi connectivity index (χ2n) is 3.76. The average molecular weight is 256 g/mol. The Labute approximate surface area is 92.5 Å². The van der Waals surface area contributed by atoms with Gasteiger partial charge in [-0.25, -0.2) is 9.97 Å². The summed E-state index contributed by atoms with van der Waals surface area (Å²) in [5, 5.41) is 3.34. The van der Waals surface area contributed by atoms with E-state index in [1.165, 1.54) is 12.8 Å². The van der Waals surface area contributed by atoms with Gasteiger partial charge in [0.2, 0.25) is 0 Å². The fourth-order valence-electron chi connectivity index (χ4n) is 1.73. The second-order valence-corrected chi connectivity index (χ2v) is 4.62. The average Bonchev–Trinajstić information content (AvgIpc) is 2.95. The summed E-state index contributed by atoms with van der Waals surface area (Å²) < 4.78 is 0.939. The molecule has 0 aromatic carbocycles. The minimum atomic E-state index is 0.849. The highest BCUT2D eigenvalue weighted by Gasteiger charge is 2.34. The molecule has 1 aromatic heterocycles. The van der Waals surface area contributed by atoms with Gasteiger partial charge in [0.25, 0.3) is 0 Å². The molecular weight excluding hydrogens is 242 g/mol. The SMILES string of the molecule is CC[C@@H]1C[C@H]1CNc1ncncc1Br. The van der Waals surface area contributed by atoms with Crippen LogP contribution in [0.5, 0.6) is 0 Å². The highest BCUT2D eigenvalue weighted by Crippen LogP contribution is 2.40. The smallest absolute Gasteiger partial charge is 0.143 e. The first-order valence-electron chi connectivity index (χ1n) is 5.00. The van der Waals surface area contributed by atoms with Crippen molar-refractivity contribution in [2.24, 2.45) is 11.8 Å². The van der Waals surface area contributed by atoms with E-state index in [4.69, 9.17) is 0 Å². The van der Waals surface area contributed by atoms with E-state index in [1.54, 1.807) is 12.5 Å². The molecule has 14 heavy (non-hydrogen) atoms. The number of nitrogens with one attached hydrogen (secondary N) is 1. The van der Waals surface area contributed by atoms with E-state index >= 15 is 0 Å². The maximum Gasteiger partial charge on any atom is 0.143 e. The first-order chi connectivity index (χ1) is 6.81. The summed E-state index contributed by atoms with van der Waals surface area (Å²) in [7, 11) is 0. The van der Waals surface area contributed by atoms with Crippen molar-refractivity contribution in [3.05, 3.63) is 17.0 Å². The lowest BCUT2D eigenvalue weighted by Crippen LogP contribution is -2.06. The maximum absolute atomic E-state index is 4.16. The van der Waals surface area contributed by atoms with Crippen molar-refractivity contribution in [3.63, 3.8) is 0 Å². The molecule has 0 saturated heterocycles. The maximum atomic E-state index is 4.16. The fourth-order valence-corrected chi connectivity index (χ4v) is 2.09. The zero-order valence-electron chi connectivity index (χ0n) is 8.20. The summed E-state index contributed by atoms with van der Waals surface area (Å²) in [5.41, 5.74) is 0. The molecule has 76 valence electrons. The summed E-state index contributed by atoms with van der Waals surface area (Å²) in [5.74, 6) is 2.69. The Morgan fingerprint density at radius 1 is 1.57 bits per heavy atom. The van der Waals surface area contributed by atoms with E-state index < -0.39 is 0 Å². The number of rotatable bonds is 4. The molecule has 1 N–H and O–H groups in total. The van der Waals surface area contributed by atoms with Crippen LogP contribution in [0.1, 0.15) is 19.8 Å². The first-order valence-corrected chi connectivity index (χ1v) is 5.80. The van der Waals surface area contributed by atoms with Gasteiger partial charge in [0.1, 0.15) is 12.1 Å². The Bertz CT molecular complexity index is 316. The summed E-state index contributed by atoms with van der Waals surface area (Å²) in [6, 6.07) is 0. The molecule has 0 aliphatic heterocycles.